The van der Waals surface area contributed by atoms with Crippen molar-refractivity contribution in [1.82, 2.24) is 0 Å². The Balaban J connectivity index is 3.46. The molecule has 2 N–H and O–H groups in total. The number of esters is 1. The minimum Gasteiger partial charge on any atom is -0.457 e. The van der Waals surface area contributed by atoms with Crippen LogP contribution in [0.4, 0.5) is 4.39 Å². The van der Waals surface area contributed by atoms with Crippen molar-refractivity contribution in [3.05, 3.63) is 0 Å². The van der Waals surface area contributed by atoms with Crippen LogP contribution in [0.1, 0.15) is 96.8 Å². The predicted molar refractivity (Wildman–Crippen MR) is 104 cm³/mol. The zero-order valence-electron chi connectivity index (χ0n) is 16.7. The number of carbonyl (C=O) groups is 1. The van der Waals surface area contributed by atoms with E-state index >= 15 is 0 Å². The number of phosphoric acid groups is 1. The topological polar surface area (TPSA) is 93.1 Å². The molecule has 0 unspecified atom stereocenters. The first kappa shape index (κ1) is 26.5. The molecule has 0 aliphatic carbocycles. The molecule has 27 heavy (non-hydrogen) atoms. The fraction of sp³-hybridized carbons (Fsp3) is 0.947. The van der Waals surface area contributed by atoms with Crippen molar-refractivity contribution in [1.29, 1.82) is 0 Å². The van der Waals surface area contributed by atoms with E-state index < -0.39 is 33.2 Å². The Morgan fingerprint density at radius 1 is 0.889 bits per heavy atom. The van der Waals surface area contributed by atoms with Gasteiger partial charge in [-0.3, -0.25) is 9.32 Å². The number of alkyl halides is 1. The quantitative estimate of drug-likeness (QED) is 0.166. The summed E-state index contributed by atoms with van der Waals surface area (Å²) in [6, 6.07) is 0. The van der Waals surface area contributed by atoms with E-state index in [2.05, 4.69) is 11.4 Å². The van der Waals surface area contributed by atoms with Gasteiger partial charge >= 0.3 is 13.8 Å². The minimum absolute atomic E-state index is 0.185. The lowest BCUT2D eigenvalue weighted by atomic mass is 10.0. The zero-order valence-corrected chi connectivity index (χ0v) is 17.6. The van der Waals surface area contributed by atoms with Gasteiger partial charge in [-0.2, -0.15) is 0 Å². The van der Waals surface area contributed by atoms with E-state index in [-0.39, 0.29) is 6.42 Å². The van der Waals surface area contributed by atoms with E-state index in [1.807, 2.05) is 0 Å². The summed E-state index contributed by atoms with van der Waals surface area (Å²) in [4.78, 5) is 28.7. The Labute approximate surface area is 163 Å². The number of carbonyl (C=O) groups excluding carboxylic acids is 1. The summed E-state index contributed by atoms with van der Waals surface area (Å²) < 4.78 is 32.2. The van der Waals surface area contributed by atoms with Crippen LogP contribution in [0.2, 0.25) is 0 Å². The zero-order chi connectivity index (χ0) is 20.4. The molecule has 0 aliphatic heterocycles. The molecule has 1 atom stereocenters. The standard InChI is InChI=1S/C19H38FO6P/c1-2-3-4-5-6-7-8-9-10-11-12-13-14-15-19(21)26-18(16-20)17-25-27(22,23)24/h18H,2-17H2,1H3,(H2,22,23,24)/t18-/m0/s1. The second kappa shape index (κ2) is 17.6. The summed E-state index contributed by atoms with van der Waals surface area (Å²) in [6.07, 6.45) is 14.6. The first-order valence-electron chi connectivity index (χ1n) is 10.3. The van der Waals surface area contributed by atoms with Gasteiger partial charge in [0.15, 0.2) is 6.10 Å². The summed E-state index contributed by atoms with van der Waals surface area (Å²) in [6.45, 7) is 0.546. The van der Waals surface area contributed by atoms with Crippen molar-refractivity contribution in [3.63, 3.8) is 0 Å². The Hall–Kier alpha value is -0.490. The summed E-state index contributed by atoms with van der Waals surface area (Å²) in [5, 5.41) is 0. The number of halogens is 1. The van der Waals surface area contributed by atoms with Crippen LogP contribution in [0, 0.1) is 0 Å². The van der Waals surface area contributed by atoms with Gasteiger partial charge in [-0.25, -0.2) is 8.96 Å². The van der Waals surface area contributed by atoms with Gasteiger partial charge in [0, 0.05) is 6.42 Å². The van der Waals surface area contributed by atoms with Gasteiger partial charge < -0.3 is 14.5 Å². The molecule has 8 heteroatoms. The maximum absolute atomic E-state index is 12.7. The summed E-state index contributed by atoms with van der Waals surface area (Å²) in [5.41, 5.74) is 0. The molecule has 0 saturated carbocycles. The smallest absolute Gasteiger partial charge is 0.457 e. The van der Waals surface area contributed by atoms with Gasteiger partial charge in [-0.1, -0.05) is 84.0 Å². The summed E-state index contributed by atoms with van der Waals surface area (Å²) in [7, 11) is -4.69. The molecule has 0 heterocycles. The van der Waals surface area contributed by atoms with Gasteiger partial charge in [-0.05, 0) is 6.42 Å². The van der Waals surface area contributed by atoms with Crippen LogP contribution in [0.25, 0.3) is 0 Å². The highest BCUT2D eigenvalue weighted by Gasteiger charge is 2.21. The molecule has 0 fully saturated rings. The second-order valence-corrected chi connectivity index (χ2v) is 8.28. The SMILES string of the molecule is CCCCCCCCCCCCCCCC(=O)O[C@@H](CF)COP(=O)(O)O. The third-order valence-corrected chi connectivity index (χ3v) is 4.87. The van der Waals surface area contributed by atoms with Crippen LogP contribution in [-0.2, 0) is 18.6 Å². The molecule has 0 bridgehead atoms. The first-order chi connectivity index (χ1) is 12.9. The molecule has 162 valence electrons. The van der Waals surface area contributed by atoms with Gasteiger partial charge in [0.05, 0.1) is 6.61 Å². The number of ether oxygens (including phenoxy) is 1. The molecule has 6 nitrogen and oxygen atoms in total. The highest BCUT2D eigenvalue weighted by atomic mass is 31.2. The van der Waals surface area contributed by atoms with Crippen LogP contribution >= 0.6 is 7.82 Å². The number of rotatable bonds is 19. The summed E-state index contributed by atoms with van der Waals surface area (Å²) >= 11 is 0. The molecule has 0 aromatic rings. The fourth-order valence-corrected chi connectivity index (χ4v) is 3.18. The predicted octanol–water partition coefficient (Wildman–Crippen LogP) is 5.46. The number of unbranched alkanes of at least 4 members (excludes halogenated alkanes) is 12. The largest absolute Gasteiger partial charge is 0.469 e. The molecule has 0 amide bonds. The normalized spacial score (nSPS) is 12.9. The van der Waals surface area contributed by atoms with Crippen molar-refractivity contribution < 1.29 is 32.8 Å². The van der Waals surface area contributed by atoms with E-state index in [0.717, 1.165) is 19.3 Å². The van der Waals surface area contributed by atoms with Crippen molar-refractivity contribution in [2.24, 2.45) is 0 Å². The van der Waals surface area contributed by atoms with Crippen molar-refractivity contribution in [2.45, 2.75) is 103 Å². The lowest BCUT2D eigenvalue weighted by Gasteiger charge is -2.15. The van der Waals surface area contributed by atoms with Crippen molar-refractivity contribution in [2.75, 3.05) is 13.3 Å². The average Bonchev–Trinajstić information content (AvgIpc) is 2.61. The highest BCUT2D eigenvalue weighted by molar-refractivity contribution is 7.46. The molecule has 0 rings (SSSR count). The second-order valence-electron chi connectivity index (χ2n) is 7.05. The van der Waals surface area contributed by atoms with E-state index in [4.69, 9.17) is 14.5 Å². The average molecular weight is 412 g/mol. The van der Waals surface area contributed by atoms with Crippen LogP contribution < -0.4 is 0 Å². The fourth-order valence-electron chi connectivity index (χ4n) is 2.82. The minimum atomic E-state index is -4.69. The van der Waals surface area contributed by atoms with Gasteiger partial charge in [-0.15, -0.1) is 0 Å². The maximum Gasteiger partial charge on any atom is 0.469 e. The molecule has 0 spiro atoms. The van der Waals surface area contributed by atoms with Gasteiger partial charge in [0.1, 0.15) is 6.67 Å². The van der Waals surface area contributed by atoms with E-state index in [9.17, 15) is 13.8 Å². The Bertz CT molecular complexity index is 402. The molecular weight excluding hydrogens is 374 g/mol. The van der Waals surface area contributed by atoms with Crippen LogP contribution in [0.5, 0.6) is 0 Å². The van der Waals surface area contributed by atoms with E-state index in [1.165, 1.54) is 57.8 Å². The van der Waals surface area contributed by atoms with Gasteiger partial charge in [0.2, 0.25) is 0 Å². The molecule has 0 aliphatic rings. The monoisotopic (exact) mass is 412 g/mol. The highest BCUT2D eigenvalue weighted by Crippen LogP contribution is 2.35. The Kier molecular flexibility index (Phi) is 17.3. The summed E-state index contributed by atoms with van der Waals surface area (Å²) in [5.74, 6) is -0.560. The molecule has 0 saturated heterocycles. The van der Waals surface area contributed by atoms with Gasteiger partial charge in [0.25, 0.3) is 0 Å². The Morgan fingerprint density at radius 3 is 1.74 bits per heavy atom. The van der Waals surface area contributed by atoms with Crippen molar-refractivity contribution in [3.8, 4) is 0 Å². The van der Waals surface area contributed by atoms with Crippen LogP contribution in [0.15, 0.2) is 0 Å². The Morgan fingerprint density at radius 2 is 1.33 bits per heavy atom. The molecule has 0 aromatic heterocycles. The third kappa shape index (κ3) is 20.1. The number of phosphoric ester groups is 1. The lowest BCUT2D eigenvalue weighted by Crippen LogP contribution is -2.25. The van der Waals surface area contributed by atoms with Crippen molar-refractivity contribution >= 4 is 13.8 Å². The van der Waals surface area contributed by atoms with Crippen LogP contribution in [-0.4, -0.2) is 35.1 Å². The molecule has 0 radical (unpaired) electrons. The maximum atomic E-state index is 12.7. The number of hydrogen-bond acceptors (Lipinski definition) is 4. The number of hydrogen-bond donors (Lipinski definition) is 2. The van der Waals surface area contributed by atoms with Crippen LogP contribution in [0.3, 0.4) is 0 Å². The third-order valence-electron chi connectivity index (χ3n) is 4.38. The lowest BCUT2D eigenvalue weighted by molar-refractivity contribution is -0.152. The first-order valence-corrected chi connectivity index (χ1v) is 11.9. The van der Waals surface area contributed by atoms with E-state index in [0.29, 0.717) is 6.42 Å². The van der Waals surface area contributed by atoms with E-state index in [1.54, 1.807) is 0 Å². The molecule has 0 aromatic carbocycles. The molecular formula is C19H38FO6P.